The number of hydrogen-bond donors (Lipinski definition) is 1. The lowest BCUT2D eigenvalue weighted by Gasteiger charge is -2.05. The summed E-state index contributed by atoms with van der Waals surface area (Å²) in [6.45, 7) is 1.87. The summed E-state index contributed by atoms with van der Waals surface area (Å²) in [6.07, 6.45) is 0. The Kier molecular flexibility index (Phi) is 3.63. The van der Waals surface area contributed by atoms with Crippen molar-refractivity contribution in [1.82, 2.24) is 0 Å². The summed E-state index contributed by atoms with van der Waals surface area (Å²) in [5.74, 6) is 0.509. The summed E-state index contributed by atoms with van der Waals surface area (Å²) in [4.78, 5) is 10.5. The number of ether oxygens (including phenoxy) is 1. The number of benzene rings is 1. The molecule has 1 aromatic carbocycles. The Morgan fingerprint density at radius 2 is 2.31 bits per heavy atom. The molecule has 0 aromatic heterocycles. The van der Waals surface area contributed by atoms with Gasteiger partial charge in [0.15, 0.2) is 6.61 Å². The van der Waals surface area contributed by atoms with Gasteiger partial charge in [0.2, 0.25) is 5.12 Å². The first-order chi connectivity index (χ1) is 6.09. The minimum absolute atomic E-state index is 0.0636. The molecule has 0 aliphatic heterocycles. The number of rotatable bonds is 3. The van der Waals surface area contributed by atoms with Crippen LogP contribution in [0.15, 0.2) is 18.2 Å². The lowest BCUT2D eigenvalue weighted by Crippen LogP contribution is -2.04. The first-order valence-electron chi connectivity index (χ1n) is 3.70. The van der Waals surface area contributed by atoms with E-state index in [1.165, 1.54) is 0 Å². The number of carbonyl (C=O) groups excluding carboxylic acids is 1. The summed E-state index contributed by atoms with van der Waals surface area (Å²) in [7, 11) is 0. The second-order valence-electron chi connectivity index (χ2n) is 2.62. The van der Waals surface area contributed by atoms with Crippen molar-refractivity contribution in [3.8, 4) is 5.75 Å². The largest absolute Gasteiger partial charge is 0.483 e. The third-order valence-electron chi connectivity index (χ3n) is 1.44. The fraction of sp³-hybridized carbons (Fsp3) is 0.222. The van der Waals surface area contributed by atoms with Gasteiger partial charge in [0.1, 0.15) is 5.75 Å². The van der Waals surface area contributed by atoms with Crippen molar-refractivity contribution in [2.75, 3.05) is 6.61 Å². The Morgan fingerprint density at radius 1 is 1.62 bits per heavy atom. The maximum Gasteiger partial charge on any atom is 0.223 e. The van der Waals surface area contributed by atoms with Crippen LogP contribution in [0.2, 0.25) is 5.02 Å². The monoisotopic (exact) mass is 216 g/mol. The second kappa shape index (κ2) is 4.53. The van der Waals surface area contributed by atoms with Crippen LogP contribution in [0.4, 0.5) is 0 Å². The van der Waals surface area contributed by atoms with Gasteiger partial charge in [-0.05, 0) is 24.6 Å². The maximum atomic E-state index is 10.5. The lowest BCUT2D eigenvalue weighted by molar-refractivity contribution is -0.112. The van der Waals surface area contributed by atoms with Crippen LogP contribution in [0, 0.1) is 6.92 Å². The van der Waals surface area contributed by atoms with Crippen LogP contribution in [0.1, 0.15) is 5.56 Å². The van der Waals surface area contributed by atoms with E-state index in [0.29, 0.717) is 10.8 Å². The van der Waals surface area contributed by atoms with Gasteiger partial charge in [0, 0.05) is 0 Å². The van der Waals surface area contributed by atoms with Crippen molar-refractivity contribution < 1.29 is 9.53 Å². The van der Waals surface area contributed by atoms with Gasteiger partial charge < -0.3 is 4.74 Å². The van der Waals surface area contributed by atoms with Gasteiger partial charge in [-0.15, -0.1) is 12.6 Å². The third-order valence-corrected chi connectivity index (χ3v) is 1.86. The predicted molar refractivity (Wildman–Crippen MR) is 55.7 cm³/mol. The molecule has 4 heteroatoms. The van der Waals surface area contributed by atoms with Gasteiger partial charge in [0.25, 0.3) is 0 Å². The SMILES string of the molecule is Cc1ccc(OCC(=O)S)c(Cl)c1. The number of hydrogen-bond acceptors (Lipinski definition) is 2. The standard InChI is InChI=1S/C9H9ClO2S/c1-6-2-3-8(7(10)4-6)12-5-9(11)13/h2-4H,5H2,1H3,(H,11,13). The number of thiol groups is 1. The summed E-state index contributed by atoms with van der Waals surface area (Å²) in [5, 5.41) is 0.186. The molecule has 1 rings (SSSR count). The first-order valence-corrected chi connectivity index (χ1v) is 4.53. The van der Waals surface area contributed by atoms with Crippen LogP contribution >= 0.6 is 24.2 Å². The molecular formula is C9H9ClO2S. The molecule has 0 amide bonds. The fourth-order valence-electron chi connectivity index (χ4n) is 0.862. The molecule has 0 radical (unpaired) electrons. The Hall–Kier alpha value is -0.670. The number of aryl methyl sites for hydroxylation is 1. The van der Waals surface area contributed by atoms with Crippen LogP contribution in [-0.4, -0.2) is 11.7 Å². The summed E-state index contributed by atoms with van der Waals surface area (Å²) in [5.41, 5.74) is 1.05. The highest BCUT2D eigenvalue weighted by Crippen LogP contribution is 2.24. The van der Waals surface area contributed by atoms with E-state index >= 15 is 0 Å². The molecule has 0 N–H and O–H groups in total. The molecule has 0 spiro atoms. The summed E-state index contributed by atoms with van der Waals surface area (Å²) in [6, 6.07) is 5.37. The normalized spacial score (nSPS) is 9.77. The Bertz CT molecular complexity index is 325. The third kappa shape index (κ3) is 3.28. The van der Waals surface area contributed by atoms with Gasteiger partial charge >= 0.3 is 0 Å². The van der Waals surface area contributed by atoms with Crippen LogP contribution in [0.3, 0.4) is 0 Å². The minimum atomic E-state index is -0.323. The zero-order chi connectivity index (χ0) is 9.84. The van der Waals surface area contributed by atoms with E-state index in [1.807, 2.05) is 13.0 Å². The minimum Gasteiger partial charge on any atom is -0.483 e. The first kappa shape index (κ1) is 10.4. The van der Waals surface area contributed by atoms with Crippen molar-refractivity contribution in [1.29, 1.82) is 0 Å². The van der Waals surface area contributed by atoms with Crippen molar-refractivity contribution in [3.63, 3.8) is 0 Å². The van der Waals surface area contributed by atoms with E-state index in [1.54, 1.807) is 12.1 Å². The molecule has 0 aliphatic carbocycles. The van der Waals surface area contributed by atoms with Gasteiger partial charge in [-0.25, -0.2) is 0 Å². The highest BCUT2D eigenvalue weighted by molar-refractivity contribution is 7.96. The molecule has 2 nitrogen and oxygen atoms in total. The number of carbonyl (C=O) groups is 1. The maximum absolute atomic E-state index is 10.5. The van der Waals surface area contributed by atoms with Crippen molar-refractivity contribution >= 4 is 29.3 Å². The Morgan fingerprint density at radius 3 is 2.85 bits per heavy atom. The van der Waals surface area contributed by atoms with Crippen molar-refractivity contribution in [3.05, 3.63) is 28.8 Å². The molecule has 70 valence electrons. The summed E-state index contributed by atoms with van der Waals surface area (Å²) < 4.78 is 5.10. The lowest BCUT2D eigenvalue weighted by atomic mass is 10.2. The van der Waals surface area contributed by atoms with Crippen LogP contribution in [0.25, 0.3) is 0 Å². The molecule has 0 unspecified atom stereocenters. The highest BCUT2D eigenvalue weighted by atomic mass is 35.5. The smallest absolute Gasteiger partial charge is 0.223 e. The van der Waals surface area contributed by atoms with Gasteiger partial charge in [0.05, 0.1) is 5.02 Å². The molecule has 0 bridgehead atoms. The fourth-order valence-corrected chi connectivity index (χ4v) is 1.22. The van der Waals surface area contributed by atoms with Gasteiger partial charge in [-0.2, -0.15) is 0 Å². The van der Waals surface area contributed by atoms with Crippen LogP contribution in [-0.2, 0) is 4.79 Å². The van der Waals surface area contributed by atoms with E-state index in [0.717, 1.165) is 5.56 Å². The molecular weight excluding hydrogens is 208 g/mol. The molecule has 0 atom stereocenters. The summed E-state index contributed by atoms with van der Waals surface area (Å²) >= 11 is 9.43. The van der Waals surface area contributed by atoms with E-state index in [-0.39, 0.29) is 11.7 Å². The molecule has 0 saturated heterocycles. The zero-order valence-electron chi connectivity index (χ0n) is 7.08. The topological polar surface area (TPSA) is 26.3 Å². The van der Waals surface area contributed by atoms with Crippen molar-refractivity contribution in [2.45, 2.75) is 6.92 Å². The number of halogens is 1. The molecule has 0 fully saturated rings. The molecule has 13 heavy (non-hydrogen) atoms. The van der Waals surface area contributed by atoms with Crippen LogP contribution < -0.4 is 4.74 Å². The average Bonchev–Trinajstić information content (AvgIpc) is 2.02. The van der Waals surface area contributed by atoms with Gasteiger partial charge in [-0.1, -0.05) is 17.7 Å². The average molecular weight is 217 g/mol. The predicted octanol–water partition coefficient (Wildman–Crippen LogP) is 2.48. The van der Waals surface area contributed by atoms with E-state index in [2.05, 4.69) is 12.6 Å². The molecule has 0 saturated carbocycles. The van der Waals surface area contributed by atoms with E-state index < -0.39 is 0 Å². The van der Waals surface area contributed by atoms with E-state index in [9.17, 15) is 4.79 Å². The Labute approximate surface area is 87.3 Å². The van der Waals surface area contributed by atoms with E-state index in [4.69, 9.17) is 16.3 Å². The highest BCUT2D eigenvalue weighted by Gasteiger charge is 2.02. The quantitative estimate of drug-likeness (QED) is 0.786. The van der Waals surface area contributed by atoms with Gasteiger partial charge in [-0.3, -0.25) is 4.79 Å². The van der Waals surface area contributed by atoms with Crippen LogP contribution in [0.5, 0.6) is 5.75 Å². The second-order valence-corrected chi connectivity index (χ2v) is 3.52. The Balaban J connectivity index is 2.72. The zero-order valence-corrected chi connectivity index (χ0v) is 8.73. The molecule has 0 aliphatic rings. The molecule has 0 heterocycles. The molecule has 1 aromatic rings. The van der Waals surface area contributed by atoms with Crippen molar-refractivity contribution in [2.24, 2.45) is 0 Å².